The third-order valence-electron chi connectivity index (χ3n) is 7.40. The number of hydrogen-bond donors (Lipinski definition) is 1. The lowest BCUT2D eigenvalue weighted by molar-refractivity contribution is 0.299. The van der Waals surface area contributed by atoms with Gasteiger partial charge in [-0.1, -0.05) is 31.2 Å². The molecule has 5 heteroatoms. The first-order valence-electron chi connectivity index (χ1n) is 12.4. The Kier molecular flexibility index (Phi) is 7.47. The van der Waals surface area contributed by atoms with Crippen LogP contribution in [0.15, 0.2) is 53.1 Å². The average molecular weight is 454 g/mol. The Labute approximate surface area is 203 Å². The highest BCUT2D eigenvalue weighted by atomic mass is 15.3. The maximum atomic E-state index is 9.06. The van der Waals surface area contributed by atoms with Crippen LogP contribution >= 0.6 is 0 Å². The Balaban J connectivity index is 1.55. The third-order valence-corrected chi connectivity index (χ3v) is 7.40. The quantitative estimate of drug-likeness (QED) is 0.320. The molecule has 1 N–H and O–H groups in total. The lowest BCUT2D eigenvalue weighted by Gasteiger charge is -2.36. The molecule has 0 amide bonds. The molecule has 0 atom stereocenters. The fraction of sp³-hybridized carbons (Fsp3) is 0.414. The van der Waals surface area contributed by atoms with Gasteiger partial charge < -0.3 is 4.90 Å². The van der Waals surface area contributed by atoms with Crippen LogP contribution in [0.2, 0.25) is 0 Å². The van der Waals surface area contributed by atoms with Gasteiger partial charge in [-0.25, -0.2) is 0 Å². The molecule has 34 heavy (non-hydrogen) atoms. The highest BCUT2D eigenvalue weighted by Crippen LogP contribution is 2.40. The van der Waals surface area contributed by atoms with E-state index in [-0.39, 0.29) is 0 Å². The van der Waals surface area contributed by atoms with Gasteiger partial charge in [0, 0.05) is 43.2 Å². The number of aryl methyl sites for hydroxylation is 1. The highest BCUT2D eigenvalue weighted by Gasteiger charge is 2.27. The van der Waals surface area contributed by atoms with Gasteiger partial charge >= 0.3 is 0 Å². The predicted molar refractivity (Wildman–Crippen MR) is 141 cm³/mol. The second-order valence-electron chi connectivity index (χ2n) is 9.42. The minimum atomic E-state index is 0.528. The Morgan fingerprint density at radius 2 is 1.79 bits per heavy atom. The van der Waals surface area contributed by atoms with Crippen LogP contribution in [-0.4, -0.2) is 37.1 Å². The van der Waals surface area contributed by atoms with Crippen molar-refractivity contribution < 1.29 is 0 Å². The van der Waals surface area contributed by atoms with Crippen LogP contribution in [0, 0.1) is 18.3 Å². The monoisotopic (exact) mass is 453 g/mol. The van der Waals surface area contributed by atoms with E-state index in [1.807, 2.05) is 19.1 Å². The van der Waals surface area contributed by atoms with Gasteiger partial charge in [0.25, 0.3) is 0 Å². The number of benzene rings is 2. The lowest BCUT2D eigenvalue weighted by atomic mass is 9.76. The molecule has 0 radical (unpaired) electrons. The molecule has 2 aromatic carbocycles. The highest BCUT2D eigenvalue weighted by molar-refractivity contribution is 6.01. The van der Waals surface area contributed by atoms with Gasteiger partial charge in [-0.2, -0.15) is 10.4 Å². The molecule has 1 aliphatic heterocycles. The zero-order chi connectivity index (χ0) is 24.1. The van der Waals surface area contributed by atoms with Crippen molar-refractivity contribution in [2.45, 2.75) is 57.8 Å². The molecule has 2 aromatic rings. The van der Waals surface area contributed by atoms with Crippen molar-refractivity contribution in [2.75, 3.05) is 19.6 Å². The van der Waals surface area contributed by atoms with Crippen molar-refractivity contribution in [3.8, 4) is 6.07 Å². The summed E-state index contributed by atoms with van der Waals surface area (Å²) < 4.78 is 0. The molecule has 1 saturated carbocycles. The molecule has 0 bridgehead atoms. The van der Waals surface area contributed by atoms with E-state index in [2.05, 4.69) is 66.0 Å². The number of nitrogens with zero attached hydrogens (tertiary/aromatic N) is 4. The molecular formula is C29H35N5. The standard InChI is InChI=1S/C29H35N5/c1-5-32-29(33-31-4)28-18-26(20(2)17-27(28)25-7-6-8-25)21(3)34-15-13-24(14-16-34)23-11-9-22(19-30)10-12-23/h9-12,17-18,24-25H,3-8,13-16H2,1-2H3,(H,32,33). The summed E-state index contributed by atoms with van der Waals surface area (Å²) >= 11 is 0. The van der Waals surface area contributed by atoms with Gasteiger partial charge in [0.1, 0.15) is 5.84 Å². The molecule has 0 spiro atoms. The molecule has 1 heterocycles. The summed E-state index contributed by atoms with van der Waals surface area (Å²) in [7, 11) is 0. The van der Waals surface area contributed by atoms with Gasteiger partial charge in [-0.15, -0.1) is 0 Å². The summed E-state index contributed by atoms with van der Waals surface area (Å²) in [6.07, 6.45) is 5.93. The SMILES string of the molecule is C=NNC(=NCC)c1cc(C(=C)N2CCC(c3ccc(C#N)cc3)CC2)c(C)cc1C1CCC1. The molecule has 2 fully saturated rings. The summed E-state index contributed by atoms with van der Waals surface area (Å²) in [6.45, 7) is 15.0. The molecule has 2 aliphatic rings. The second kappa shape index (κ2) is 10.7. The van der Waals surface area contributed by atoms with Crippen molar-refractivity contribution in [3.63, 3.8) is 0 Å². The van der Waals surface area contributed by atoms with Crippen molar-refractivity contribution in [1.29, 1.82) is 5.26 Å². The summed E-state index contributed by atoms with van der Waals surface area (Å²) in [5.41, 5.74) is 11.1. The van der Waals surface area contributed by atoms with Gasteiger partial charge in [0.15, 0.2) is 0 Å². The van der Waals surface area contributed by atoms with Crippen LogP contribution in [0.25, 0.3) is 5.70 Å². The van der Waals surface area contributed by atoms with Gasteiger partial charge in [-0.05, 0) is 86.3 Å². The average Bonchev–Trinajstić information content (AvgIpc) is 2.83. The summed E-state index contributed by atoms with van der Waals surface area (Å²) in [5, 5.41) is 13.0. The van der Waals surface area contributed by atoms with Crippen molar-refractivity contribution in [3.05, 3.63) is 76.4 Å². The van der Waals surface area contributed by atoms with Gasteiger partial charge in [-0.3, -0.25) is 10.4 Å². The first kappa shape index (κ1) is 23.8. The lowest BCUT2D eigenvalue weighted by Crippen LogP contribution is -2.32. The molecule has 5 nitrogen and oxygen atoms in total. The van der Waals surface area contributed by atoms with Crippen LogP contribution in [0.4, 0.5) is 0 Å². The maximum Gasteiger partial charge on any atom is 0.149 e. The molecule has 0 aromatic heterocycles. The summed E-state index contributed by atoms with van der Waals surface area (Å²) in [4.78, 5) is 7.11. The third kappa shape index (κ3) is 4.92. The van der Waals surface area contributed by atoms with E-state index < -0.39 is 0 Å². The Bertz CT molecular complexity index is 1110. The Morgan fingerprint density at radius 3 is 2.35 bits per heavy atom. The van der Waals surface area contributed by atoms with Crippen molar-refractivity contribution in [1.82, 2.24) is 10.3 Å². The normalized spacial score (nSPS) is 17.1. The van der Waals surface area contributed by atoms with E-state index in [1.54, 1.807) is 0 Å². The first-order valence-corrected chi connectivity index (χ1v) is 12.4. The number of likely N-dealkylation sites (tertiary alicyclic amines) is 1. The number of nitriles is 1. The number of nitrogens with one attached hydrogen (secondary N) is 1. The van der Waals surface area contributed by atoms with E-state index in [4.69, 9.17) is 10.3 Å². The number of rotatable bonds is 7. The zero-order valence-corrected chi connectivity index (χ0v) is 20.5. The minimum Gasteiger partial charge on any atom is -0.371 e. The summed E-state index contributed by atoms with van der Waals surface area (Å²) in [6, 6.07) is 14.9. The Hall–Kier alpha value is -3.39. The van der Waals surface area contributed by atoms with Crippen molar-refractivity contribution >= 4 is 18.3 Å². The number of hydrogen-bond acceptors (Lipinski definition) is 4. The van der Waals surface area contributed by atoms with Gasteiger partial charge in [0.05, 0.1) is 11.6 Å². The molecule has 176 valence electrons. The van der Waals surface area contributed by atoms with E-state index in [1.165, 1.54) is 41.5 Å². The zero-order valence-electron chi connectivity index (χ0n) is 20.5. The largest absolute Gasteiger partial charge is 0.371 e. The number of amidine groups is 1. The topological polar surface area (TPSA) is 63.8 Å². The van der Waals surface area contributed by atoms with E-state index in [0.29, 0.717) is 18.4 Å². The number of aliphatic imine (C=N–C) groups is 1. The fourth-order valence-corrected chi connectivity index (χ4v) is 5.20. The molecule has 0 unspecified atom stereocenters. The maximum absolute atomic E-state index is 9.06. The molecule has 1 aliphatic carbocycles. The molecule has 4 rings (SSSR count). The van der Waals surface area contributed by atoms with Crippen LogP contribution in [0.5, 0.6) is 0 Å². The van der Waals surface area contributed by atoms with Gasteiger partial charge in [0.2, 0.25) is 0 Å². The molecule has 1 saturated heterocycles. The number of piperidine rings is 1. The van der Waals surface area contributed by atoms with Crippen LogP contribution in [-0.2, 0) is 0 Å². The minimum absolute atomic E-state index is 0.528. The second-order valence-corrected chi connectivity index (χ2v) is 9.42. The van der Waals surface area contributed by atoms with E-state index in [9.17, 15) is 0 Å². The van der Waals surface area contributed by atoms with E-state index >= 15 is 0 Å². The molecular weight excluding hydrogens is 418 g/mol. The predicted octanol–water partition coefficient (Wildman–Crippen LogP) is 5.96. The fourth-order valence-electron chi connectivity index (χ4n) is 5.20. The first-order chi connectivity index (χ1) is 16.5. The summed E-state index contributed by atoms with van der Waals surface area (Å²) in [5.74, 6) is 1.92. The Morgan fingerprint density at radius 1 is 1.09 bits per heavy atom. The number of hydrazone groups is 1. The smallest absolute Gasteiger partial charge is 0.149 e. The van der Waals surface area contributed by atoms with Crippen LogP contribution in [0.1, 0.15) is 84.2 Å². The van der Waals surface area contributed by atoms with Crippen LogP contribution in [0.3, 0.4) is 0 Å². The van der Waals surface area contributed by atoms with Crippen LogP contribution < -0.4 is 5.43 Å². The van der Waals surface area contributed by atoms with Crippen molar-refractivity contribution in [2.24, 2.45) is 10.1 Å². The van der Waals surface area contributed by atoms with E-state index in [0.717, 1.165) is 48.6 Å².